The molecule has 3 N–H and O–H groups in total. The van der Waals surface area contributed by atoms with Crippen LogP contribution in [0.25, 0.3) is 0 Å². The zero-order valence-corrected chi connectivity index (χ0v) is 12.1. The molecule has 0 heterocycles. The number of carbonyl (C=O) groups excluding carboxylic acids is 1. The van der Waals surface area contributed by atoms with E-state index in [1.54, 1.807) is 11.8 Å². The zero-order chi connectivity index (χ0) is 13.3. The maximum atomic E-state index is 11.5. The molecule has 2 amide bonds. The molecule has 0 aromatic rings. The second kappa shape index (κ2) is 9.59. The number of rotatable bonds is 8. The molecule has 0 saturated carbocycles. The Bertz CT molecular complexity index is 213. The average Bonchev–Trinajstić information content (AvgIpc) is 2.25. The summed E-state index contributed by atoms with van der Waals surface area (Å²) >= 11 is 1.72. The smallest absolute Gasteiger partial charge is 0.315 e. The number of nitrogens with one attached hydrogen (secondary N) is 2. The van der Waals surface area contributed by atoms with E-state index in [1.807, 2.05) is 6.26 Å². The fraction of sp³-hybridized carbons (Fsp3) is 0.917. The van der Waals surface area contributed by atoms with E-state index in [9.17, 15) is 9.90 Å². The Labute approximate surface area is 109 Å². The van der Waals surface area contributed by atoms with Gasteiger partial charge < -0.3 is 15.7 Å². The van der Waals surface area contributed by atoms with Gasteiger partial charge in [-0.05, 0) is 25.0 Å². The molecule has 0 spiro atoms. The molecule has 17 heavy (non-hydrogen) atoms. The Balaban J connectivity index is 3.77. The van der Waals surface area contributed by atoms with Gasteiger partial charge in [-0.15, -0.1) is 0 Å². The Morgan fingerprint density at radius 3 is 2.53 bits per heavy atom. The highest BCUT2D eigenvalue weighted by Crippen LogP contribution is 2.03. The van der Waals surface area contributed by atoms with Gasteiger partial charge >= 0.3 is 6.03 Å². The largest absolute Gasteiger partial charge is 0.391 e. The van der Waals surface area contributed by atoms with Crippen molar-refractivity contribution in [3.05, 3.63) is 0 Å². The van der Waals surface area contributed by atoms with Gasteiger partial charge in [0, 0.05) is 18.3 Å². The molecule has 102 valence electrons. The summed E-state index contributed by atoms with van der Waals surface area (Å²) in [6, 6.07) is 0.0148. The predicted molar refractivity (Wildman–Crippen MR) is 74.5 cm³/mol. The molecule has 0 bridgehead atoms. The summed E-state index contributed by atoms with van der Waals surface area (Å²) in [5.41, 5.74) is 0. The van der Waals surface area contributed by atoms with E-state index in [0.717, 1.165) is 12.2 Å². The van der Waals surface area contributed by atoms with Gasteiger partial charge in [0.25, 0.3) is 0 Å². The van der Waals surface area contributed by atoms with Gasteiger partial charge in [0.15, 0.2) is 0 Å². The van der Waals surface area contributed by atoms with Crippen LogP contribution in [0.1, 0.15) is 33.6 Å². The molecular weight excluding hydrogens is 236 g/mol. The van der Waals surface area contributed by atoms with Crippen molar-refractivity contribution >= 4 is 17.8 Å². The van der Waals surface area contributed by atoms with E-state index >= 15 is 0 Å². The lowest BCUT2D eigenvalue weighted by molar-refractivity contribution is 0.146. The fourth-order valence-electron chi connectivity index (χ4n) is 1.54. The molecule has 0 rings (SSSR count). The lowest BCUT2D eigenvalue weighted by Gasteiger charge is -2.18. The maximum absolute atomic E-state index is 11.5. The first-order valence-corrected chi connectivity index (χ1v) is 7.60. The van der Waals surface area contributed by atoms with Crippen LogP contribution in [0.5, 0.6) is 0 Å². The second-order valence-electron chi connectivity index (χ2n) is 4.70. The van der Waals surface area contributed by atoms with Gasteiger partial charge in [-0.3, -0.25) is 0 Å². The van der Waals surface area contributed by atoms with Gasteiger partial charge in [-0.1, -0.05) is 20.8 Å². The number of aliphatic hydroxyl groups is 1. The van der Waals surface area contributed by atoms with Gasteiger partial charge in [0.05, 0.1) is 6.10 Å². The molecule has 4 nitrogen and oxygen atoms in total. The SMILES string of the molecule is CCC(CSC)NC(=O)NCC(O)CC(C)C. The van der Waals surface area contributed by atoms with Crippen LogP contribution in [0.3, 0.4) is 0 Å². The quantitative estimate of drug-likeness (QED) is 0.625. The number of carbonyl (C=O) groups is 1. The second-order valence-corrected chi connectivity index (χ2v) is 5.61. The molecule has 0 radical (unpaired) electrons. The maximum Gasteiger partial charge on any atom is 0.315 e. The Morgan fingerprint density at radius 1 is 1.41 bits per heavy atom. The van der Waals surface area contributed by atoms with Crippen LogP contribution >= 0.6 is 11.8 Å². The molecular formula is C12H26N2O2S. The van der Waals surface area contributed by atoms with Crippen molar-refractivity contribution in [3.63, 3.8) is 0 Å². The van der Waals surface area contributed by atoms with Crippen LogP contribution in [-0.4, -0.2) is 41.8 Å². The average molecular weight is 262 g/mol. The van der Waals surface area contributed by atoms with Crippen molar-refractivity contribution in [1.82, 2.24) is 10.6 Å². The minimum Gasteiger partial charge on any atom is -0.391 e. The van der Waals surface area contributed by atoms with Crippen molar-refractivity contribution < 1.29 is 9.90 Å². The summed E-state index contributed by atoms with van der Waals surface area (Å²) in [6.07, 6.45) is 3.20. The van der Waals surface area contributed by atoms with E-state index in [-0.39, 0.29) is 12.1 Å². The van der Waals surface area contributed by atoms with E-state index in [2.05, 4.69) is 31.4 Å². The molecule has 2 atom stereocenters. The summed E-state index contributed by atoms with van der Waals surface area (Å²) in [5.74, 6) is 1.35. The van der Waals surface area contributed by atoms with Crippen LogP contribution in [0, 0.1) is 5.92 Å². The summed E-state index contributed by atoms with van der Waals surface area (Å²) in [7, 11) is 0. The van der Waals surface area contributed by atoms with Crippen molar-refractivity contribution in [2.24, 2.45) is 5.92 Å². The molecule has 0 aliphatic carbocycles. The van der Waals surface area contributed by atoms with Crippen molar-refractivity contribution in [2.75, 3.05) is 18.6 Å². The highest BCUT2D eigenvalue weighted by atomic mass is 32.2. The van der Waals surface area contributed by atoms with E-state index in [0.29, 0.717) is 18.9 Å². The summed E-state index contributed by atoms with van der Waals surface area (Å²) in [6.45, 7) is 6.47. The number of amides is 2. The molecule has 2 unspecified atom stereocenters. The minimum atomic E-state index is -0.457. The van der Waals surface area contributed by atoms with Crippen LogP contribution in [0.4, 0.5) is 4.79 Å². The highest BCUT2D eigenvalue weighted by Gasteiger charge is 2.11. The molecule has 0 fully saturated rings. The minimum absolute atomic E-state index is 0.186. The third kappa shape index (κ3) is 9.30. The first kappa shape index (κ1) is 16.6. The Kier molecular flexibility index (Phi) is 9.36. The van der Waals surface area contributed by atoms with E-state index in [4.69, 9.17) is 0 Å². The Hall–Kier alpha value is -0.420. The monoisotopic (exact) mass is 262 g/mol. The van der Waals surface area contributed by atoms with Crippen LogP contribution in [0.15, 0.2) is 0 Å². The lowest BCUT2D eigenvalue weighted by Crippen LogP contribution is -2.45. The van der Waals surface area contributed by atoms with Crippen LogP contribution in [0.2, 0.25) is 0 Å². The first-order valence-electron chi connectivity index (χ1n) is 6.20. The first-order chi connectivity index (χ1) is 7.99. The lowest BCUT2D eigenvalue weighted by atomic mass is 10.1. The van der Waals surface area contributed by atoms with Crippen molar-refractivity contribution in [2.45, 2.75) is 45.8 Å². The fourth-order valence-corrected chi connectivity index (χ4v) is 2.26. The third-order valence-electron chi connectivity index (χ3n) is 2.44. The van der Waals surface area contributed by atoms with Gasteiger partial charge in [0.1, 0.15) is 0 Å². The molecule has 0 aromatic heterocycles. The molecule has 0 aliphatic heterocycles. The van der Waals surface area contributed by atoms with Crippen LogP contribution < -0.4 is 10.6 Å². The van der Waals surface area contributed by atoms with Crippen molar-refractivity contribution in [1.29, 1.82) is 0 Å². The Morgan fingerprint density at radius 2 is 2.06 bits per heavy atom. The topological polar surface area (TPSA) is 61.4 Å². The number of aliphatic hydroxyl groups excluding tert-OH is 1. The molecule has 0 aromatic carbocycles. The summed E-state index contributed by atoms with van der Waals surface area (Å²) in [4.78, 5) is 11.5. The normalized spacial score (nSPS) is 14.5. The predicted octanol–water partition coefficient (Wildman–Crippen LogP) is 1.83. The summed E-state index contributed by atoms with van der Waals surface area (Å²) in [5, 5.41) is 15.2. The van der Waals surface area contributed by atoms with Gasteiger partial charge in [0.2, 0.25) is 0 Å². The number of thioether (sulfide) groups is 1. The highest BCUT2D eigenvalue weighted by molar-refractivity contribution is 7.98. The third-order valence-corrected chi connectivity index (χ3v) is 3.17. The van der Waals surface area contributed by atoms with E-state index in [1.165, 1.54) is 0 Å². The number of urea groups is 1. The standard InChI is InChI=1S/C12H26N2O2S/c1-5-10(8-17-4)14-12(16)13-7-11(15)6-9(2)3/h9-11,15H,5-8H2,1-4H3,(H2,13,14,16). The molecule has 5 heteroatoms. The zero-order valence-electron chi connectivity index (χ0n) is 11.3. The van der Waals surface area contributed by atoms with Crippen LogP contribution in [-0.2, 0) is 0 Å². The van der Waals surface area contributed by atoms with E-state index < -0.39 is 6.10 Å². The van der Waals surface area contributed by atoms with Gasteiger partial charge in [-0.2, -0.15) is 11.8 Å². The molecule has 0 saturated heterocycles. The summed E-state index contributed by atoms with van der Waals surface area (Å²) < 4.78 is 0. The van der Waals surface area contributed by atoms with Gasteiger partial charge in [-0.25, -0.2) is 4.79 Å². The van der Waals surface area contributed by atoms with Crippen molar-refractivity contribution in [3.8, 4) is 0 Å². The number of hydrogen-bond donors (Lipinski definition) is 3. The molecule has 0 aliphatic rings. The number of hydrogen-bond acceptors (Lipinski definition) is 3.